The molecule has 1 saturated carbocycles. The van der Waals surface area contributed by atoms with Crippen LogP contribution in [0.5, 0.6) is 0 Å². The zero-order valence-electron chi connectivity index (χ0n) is 16.8. The van der Waals surface area contributed by atoms with Crippen molar-refractivity contribution in [2.45, 2.75) is 26.3 Å². The van der Waals surface area contributed by atoms with E-state index < -0.39 is 6.04 Å². The molecule has 0 spiro atoms. The maximum Gasteiger partial charge on any atom is 0.244 e. The number of carbonyl (C=O) groups excluding carboxylic acids is 2. The molecule has 0 aromatic carbocycles. The highest BCUT2D eigenvalue weighted by molar-refractivity contribution is 5.93. The first-order valence-electron chi connectivity index (χ1n) is 9.31. The van der Waals surface area contributed by atoms with Gasteiger partial charge in [-0.15, -0.1) is 0 Å². The Bertz CT molecular complexity index is 966. The molecule has 2 amide bonds. The Morgan fingerprint density at radius 2 is 1.97 bits per heavy atom. The lowest BCUT2D eigenvalue weighted by molar-refractivity contribution is -0.129. The van der Waals surface area contributed by atoms with Crippen molar-refractivity contribution in [1.29, 1.82) is 5.26 Å². The molecule has 0 bridgehead atoms. The van der Waals surface area contributed by atoms with Gasteiger partial charge in [0.25, 0.3) is 0 Å². The molecule has 1 aliphatic rings. The Balaban J connectivity index is 1.77. The Hall–Kier alpha value is -3.54. The van der Waals surface area contributed by atoms with Gasteiger partial charge in [-0.1, -0.05) is 6.92 Å². The molecule has 1 fully saturated rings. The molecular formula is C20H23N7O2. The number of aromatic nitrogens is 3. The molecule has 29 heavy (non-hydrogen) atoms. The van der Waals surface area contributed by atoms with Gasteiger partial charge in [0.15, 0.2) is 11.5 Å². The van der Waals surface area contributed by atoms with E-state index in [2.05, 4.69) is 25.6 Å². The lowest BCUT2D eigenvalue weighted by Crippen LogP contribution is -2.36. The van der Waals surface area contributed by atoms with Crippen LogP contribution in [0.3, 0.4) is 0 Å². The molecule has 2 heterocycles. The van der Waals surface area contributed by atoms with Crippen LogP contribution in [0, 0.1) is 23.2 Å². The Labute approximate surface area is 169 Å². The fraction of sp³-hybridized carbons (Fsp3) is 0.400. The van der Waals surface area contributed by atoms with E-state index in [1.54, 1.807) is 27.1 Å². The highest BCUT2D eigenvalue weighted by Crippen LogP contribution is 2.38. The standard InChI is InChI=1S/C20H23N7O2/c1-11-5-14(11)19(28)26-18-10-23-17(9-24-18)13-6-15(16(7-21)22-8-13)25-12(2)20(29)27(3)4/h6,8-12,14,25H,5H2,1-4H3,(H,24,26,28)/t11-,12?,14-/m0/s1. The summed E-state index contributed by atoms with van der Waals surface area (Å²) < 4.78 is 0. The van der Waals surface area contributed by atoms with Crippen LogP contribution in [-0.4, -0.2) is 51.8 Å². The van der Waals surface area contributed by atoms with Crippen molar-refractivity contribution < 1.29 is 9.59 Å². The Morgan fingerprint density at radius 1 is 1.24 bits per heavy atom. The summed E-state index contributed by atoms with van der Waals surface area (Å²) in [5.74, 6) is 0.706. The van der Waals surface area contributed by atoms with Crippen LogP contribution in [0.15, 0.2) is 24.7 Å². The number of anilines is 2. The second kappa shape index (κ2) is 8.22. The highest BCUT2D eigenvalue weighted by Gasteiger charge is 2.39. The number of nitrogens with zero attached hydrogens (tertiary/aromatic N) is 5. The summed E-state index contributed by atoms with van der Waals surface area (Å²) in [6.07, 6.45) is 5.45. The van der Waals surface area contributed by atoms with Crippen LogP contribution in [-0.2, 0) is 9.59 Å². The van der Waals surface area contributed by atoms with Crippen LogP contribution in [0.1, 0.15) is 26.0 Å². The predicted octanol–water partition coefficient (Wildman–Crippen LogP) is 1.89. The fourth-order valence-corrected chi connectivity index (χ4v) is 2.93. The second-order valence-electron chi connectivity index (χ2n) is 7.43. The maximum absolute atomic E-state index is 12.1. The number of hydrogen-bond acceptors (Lipinski definition) is 7. The number of likely N-dealkylation sites (N-methyl/N-ethyl adjacent to an activating group) is 1. The lowest BCUT2D eigenvalue weighted by atomic mass is 10.1. The first-order chi connectivity index (χ1) is 13.8. The van der Waals surface area contributed by atoms with E-state index in [1.807, 2.05) is 13.0 Å². The lowest BCUT2D eigenvalue weighted by Gasteiger charge is -2.19. The summed E-state index contributed by atoms with van der Waals surface area (Å²) >= 11 is 0. The molecule has 0 radical (unpaired) electrons. The van der Waals surface area contributed by atoms with E-state index in [0.29, 0.717) is 28.7 Å². The molecule has 2 N–H and O–H groups in total. The highest BCUT2D eigenvalue weighted by atomic mass is 16.2. The van der Waals surface area contributed by atoms with Gasteiger partial charge in [0.05, 0.1) is 23.8 Å². The van der Waals surface area contributed by atoms with E-state index in [0.717, 1.165) is 6.42 Å². The predicted molar refractivity (Wildman–Crippen MR) is 108 cm³/mol. The average Bonchev–Trinajstić information content (AvgIpc) is 3.44. The minimum absolute atomic E-state index is 0.0365. The number of nitrogens with one attached hydrogen (secondary N) is 2. The molecule has 3 atom stereocenters. The molecule has 2 aromatic rings. The quantitative estimate of drug-likeness (QED) is 0.768. The monoisotopic (exact) mass is 393 g/mol. The minimum Gasteiger partial charge on any atom is -0.372 e. The average molecular weight is 393 g/mol. The summed E-state index contributed by atoms with van der Waals surface area (Å²) in [7, 11) is 3.33. The largest absolute Gasteiger partial charge is 0.372 e. The van der Waals surface area contributed by atoms with Crippen molar-refractivity contribution in [3.05, 3.63) is 30.4 Å². The van der Waals surface area contributed by atoms with Crippen LogP contribution >= 0.6 is 0 Å². The molecular weight excluding hydrogens is 370 g/mol. The number of nitriles is 1. The smallest absolute Gasteiger partial charge is 0.244 e. The van der Waals surface area contributed by atoms with Crippen molar-refractivity contribution in [3.8, 4) is 17.3 Å². The van der Waals surface area contributed by atoms with Crippen molar-refractivity contribution in [2.75, 3.05) is 24.7 Å². The summed E-state index contributed by atoms with van der Waals surface area (Å²) in [4.78, 5) is 38.3. The van der Waals surface area contributed by atoms with Gasteiger partial charge in [0, 0.05) is 31.8 Å². The van der Waals surface area contributed by atoms with Crippen LogP contribution < -0.4 is 10.6 Å². The molecule has 2 aromatic heterocycles. The molecule has 0 aliphatic heterocycles. The zero-order valence-corrected chi connectivity index (χ0v) is 16.8. The zero-order chi connectivity index (χ0) is 21.1. The van der Waals surface area contributed by atoms with Gasteiger partial charge in [0.1, 0.15) is 12.1 Å². The minimum atomic E-state index is -0.525. The first-order valence-corrected chi connectivity index (χ1v) is 9.31. The van der Waals surface area contributed by atoms with Gasteiger partial charge in [0.2, 0.25) is 11.8 Å². The van der Waals surface area contributed by atoms with E-state index >= 15 is 0 Å². The number of hydrogen-bond donors (Lipinski definition) is 2. The van der Waals surface area contributed by atoms with Gasteiger partial charge >= 0.3 is 0 Å². The van der Waals surface area contributed by atoms with Gasteiger partial charge in [-0.25, -0.2) is 9.97 Å². The summed E-state index contributed by atoms with van der Waals surface area (Å²) in [6, 6.07) is 3.20. The van der Waals surface area contributed by atoms with Gasteiger partial charge in [-0.2, -0.15) is 5.26 Å². The normalized spacial score (nSPS) is 18.3. The number of rotatable bonds is 6. The third-order valence-corrected chi connectivity index (χ3v) is 4.82. The Kier molecular flexibility index (Phi) is 5.73. The molecule has 3 rings (SSSR count). The molecule has 0 saturated heterocycles. The summed E-state index contributed by atoms with van der Waals surface area (Å²) in [5.41, 5.74) is 1.80. The van der Waals surface area contributed by atoms with Crippen molar-refractivity contribution in [3.63, 3.8) is 0 Å². The van der Waals surface area contributed by atoms with Crippen molar-refractivity contribution in [1.82, 2.24) is 19.9 Å². The first kappa shape index (κ1) is 20.2. The maximum atomic E-state index is 12.1. The van der Waals surface area contributed by atoms with Gasteiger partial charge in [-0.3, -0.25) is 14.6 Å². The molecule has 9 nitrogen and oxygen atoms in total. The summed E-state index contributed by atoms with van der Waals surface area (Å²) in [6.45, 7) is 3.75. The van der Waals surface area contributed by atoms with E-state index in [4.69, 9.17) is 0 Å². The summed E-state index contributed by atoms with van der Waals surface area (Å²) in [5, 5.41) is 15.1. The topological polar surface area (TPSA) is 124 Å². The van der Waals surface area contributed by atoms with Crippen LogP contribution in [0.2, 0.25) is 0 Å². The van der Waals surface area contributed by atoms with Crippen LogP contribution in [0.25, 0.3) is 11.3 Å². The van der Waals surface area contributed by atoms with Crippen molar-refractivity contribution in [2.24, 2.45) is 11.8 Å². The third-order valence-electron chi connectivity index (χ3n) is 4.82. The molecule has 150 valence electrons. The Morgan fingerprint density at radius 3 is 2.52 bits per heavy atom. The second-order valence-corrected chi connectivity index (χ2v) is 7.43. The number of amides is 2. The van der Waals surface area contributed by atoms with E-state index in [1.165, 1.54) is 23.5 Å². The van der Waals surface area contributed by atoms with E-state index in [9.17, 15) is 14.9 Å². The SMILES string of the molecule is CC(Nc1cc(-c2cnc(NC(=O)[C@H]3C[C@@H]3C)cn2)cnc1C#N)C(=O)N(C)C. The molecule has 1 unspecified atom stereocenters. The number of carbonyl (C=O) groups is 2. The van der Waals surface area contributed by atoms with Crippen LogP contribution in [0.4, 0.5) is 11.5 Å². The van der Waals surface area contributed by atoms with Gasteiger partial charge in [-0.05, 0) is 25.3 Å². The van der Waals surface area contributed by atoms with E-state index in [-0.39, 0.29) is 23.4 Å². The third kappa shape index (κ3) is 4.66. The molecule has 1 aliphatic carbocycles. The fourth-order valence-electron chi connectivity index (χ4n) is 2.93. The van der Waals surface area contributed by atoms with Crippen molar-refractivity contribution >= 4 is 23.3 Å². The number of pyridine rings is 1. The van der Waals surface area contributed by atoms with Gasteiger partial charge < -0.3 is 15.5 Å². The molecule has 9 heteroatoms.